The van der Waals surface area contributed by atoms with Crippen LogP contribution in [0.3, 0.4) is 0 Å². The van der Waals surface area contributed by atoms with Gasteiger partial charge in [0.15, 0.2) is 0 Å². The molecular weight excluding hydrogens is 260 g/mol. The molecule has 0 atom stereocenters. The molecule has 1 saturated heterocycles. The number of amides is 1. The van der Waals surface area contributed by atoms with Gasteiger partial charge in [0, 0.05) is 25.0 Å². The summed E-state index contributed by atoms with van der Waals surface area (Å²) in [6.07, 6.45) is 6.98. The van der Waals surface area contributed by atoms with Crippen LogP contribution in [0.2, 0.25) is 0 Å². The first-order valence-corrected chi connectivity index (χ1v) is 8.06. The van der Waals surface area contributed by atoms with Crippen molar-refractivity contribution < 1.29 is 9.69 Å². The number of piperidine rings is 1. The Kier molecular flexibility index (Phi) is 6.00. The molecule has 21 heavy (non-hydrogen) atoms. The zero-order valence-electron chi connectivity index (χ0n) is 13.2. The molecule has 1 aliphatic rings. The second-order valence-corrected chi connectivity index (χ2v) is 6.03. The lowest BCUT2D eigenvalue weighted by Crippen LogP contribution is -3.13. The summed E-state index contributed by atoms with van der Waals surface area (Å²) in [4.78, 5) is 13.7. The summed E-state index contributed by atoms with van der Waals surface area (Å²) < 4.78 is 0. The van der Waals surface area contributed by atoms with Crippen LogP contribution in [-0.4, -0.2) is 31.6 Å². The lowest BCUT2D eigenvalue weighted by Gasteiger charge is -2.29. The number of benzene rings is 1. The van der Waals surface area contributed by atoms with Gasteiger partial charge in [-0.05, 0) is 25.0 Å². The van der Waals surface area contributed by atoms with Gasteiger partial charge in [-0.15, -0.1) is 0 Å². The van der Waals surface area contributed by atoms with E-state index < -0.39 is 0 Å². The Balaban J connectivity index is 1.77. The molecular formula is C18H27N2O+. The maximum Gasteiger partial charge on any atom is 0.244 e. The Morgan fingerprint density at radius 3 is 2.81 bits per heavy atom. The summed E-state index contributed by atoms with van der Waals surface area (Å²) >= 11 is 0. The fourth-order valence-corrected chi connectivity index (χ4v) is 2.97. The average molecular weight is 287 g/mol. The first-order valence-electron chi connectivity index (χ1n) is 8.06. The van der Waals surface area contributed by atoms with E-state index in [4.69, 9.17) is 0 Å². The van der Waals surface area contributed by atoms with Crippen molar-refractivity contribution in [1.29, 1.82) is 0 Å². The maximum absolute atomic E-state index is 12.0. The van der Waals surface area contributed by atoms with Crippen molar-refractivity contribution in [3.8, 4) is 0 Å². The highest BCUT2D eigenvalue weighted by atomic mass is 16.1. The lowest BCUT2D eigenvalue weighted by molar-refractivity contribution is -0.905. The molecule has 0 unspecified atom stereocenters. The van der Waals surface area contributed by atoms with Crippen LogP contribution in [0.4, 0.5) is 0 Å². The summed E-state index contributed by atoms with van der Waals surface area (Å²) in [5.74, 6) is 0.0282. The van der Waals surface area contributed by atoms with Crippen molar-refractivity contribution in [2.24, 2.45) is 0 Å². The molecule has 0 spiro atoms. The third-order valence-corrected chi connectivity index (χ3v) is 4.11. The molecule has 2 N–H and O–H groups in total. The zero-order chi connectivity index (χ0) is 15.1. The second-order valence-electron chi connectivity index (χ2n) is 6.03. The minimum Gasteiger partial charge on any atom is -0.349 e. The summed E-state index contributed by atoms with van der Waals surface area (Å²) in [5.41, 5.74) is 2.29. The Morgan fingerprint density at radius 2 is 2.14 bits per heavy atom. The first kappa shape index (κ1) is 15.8. The van der Waals surface area contributed by atoms with Gasteiger partial charge in [-0.1, -0.05) is 36.8 Å². The van der Waals surface area contributed by atoms with Crippen LogP contribution in [0.5, 0.6) is 0 Å². The number of likely N-dealkylation sites (tertiary alicyclic amines) is 1. The largest absolute Gasteiger partial charge is 0.349 e. The van der Waals surface area contributed by atoms with Gasteiger partial charge in [0.1, 0.15) is 0 Å². The molecule has 2 rings (SSSR count). The van der Waals surface area contributed by atoms with Crippen molar-refractivity contribution >= 4 is 12.0 Å². The van der Waals surface area contributed by atoms with Crippen molar-refractivity contribution in [3.63, 3.8) is 0 Å². The van der Waals surface area contributed by atoms with E-state index in [-0.39, 0.29) is 5.91 Å². The summed E-state index contributed by atoms with van der Waals surface area (Å²) in [7, 11) is 0. The minimum atomic E-state index is 0.0282. The molecule has 1 aromatic rings. The van der Waals surface area contributed by atoms with Gasteiger partial charge in [-0.2, -0.15) is 0 Å². The SMILES string of the molecule is CCC[NH+]1CCC(NC(=O)/C=C/c2cccc(C)c2)CC1. The molecule has 0 bridgehead atoms. The molecule has 0 aliphatic carbocycles. The van der Waals surface area contributed by atoms with Crippen molar-refractivity contribution in [1.82, 2.24) is 5.32 Å². The van der Waals surface area contributed by atoms with E-state index in [0.29, 0.717) is 6.04 Å². The molecule has 114 valence electrons. The Labute approximate surface area is 128 Å². The van der Waals surface area contributed by atoms with E-state index >= 15 is 0 Å². The standard InChI is InChI=1S/C18H26N2O/c1-3-11-20-12-9-17(10-13-20)19-18(21)8-7-16-6-4-5-15(2)14-16/h4-8,14,17H,3,9-13H2,1-2H3,(H,19,21)/p+1/b8-7+. The highest BCUT2D eigenvalue weighted by molar-refractivity contribution is 5.91. The highest BCUT2D eigenvalue weighted by Gasteiger charge is 2.21. The van der Waals surface area contributed by atoms with Crippen LogP contribution in [0, 0.1) is 6.92 Å². The van der Waals surface area contributed by atoms with Gasteiger partial charge in [0.2, 0.25) is 5.91 Å². The number of carbonyl (C=O) groups is 1. The molecule has 1 aliphatic heterocycles. The molecule has 3 nitrogen and oxygen atoms in total. The molecule has 0 radical (unpaired) electrons. The van der Waals surface area contributed by atoms with Crippen molar-refractivity contribution in [3.05, 3.63) is 41.5 Å². The predicted molar refractivity (Wildman–Crippen MR) is 87.2 cm³/mol. The van der Waals surface area contributed by atoms with Gasteiger partial charge in [-0.25, -0.2) is 0 Å². The molecule has 3 heteroatoms. The van der Waals surface area contributed by atoms with E-state index in [9.17, 15) is 4.79 Å². The zero-order valence-corrected chi connectivity index (χ0v) is 13.2. The Bertz CT molecular complexity index is 488. The summed E-state index contributed by atoms with van der Waals surface area (Å²) in [5, 5.41) is 3.13. The third-order valence-electron chi connectivity index (χ3n) is 4.11. The molecule has 1 heterocycles. The van der Waals surface area contributed by atoms with Crippen molar-refractivity contribution in [2.75, 3.05) is 19.6 Å². The molecule has 0 saturated carbocycles. The average Bonchev–Trinajstić information content (AvgIpc) is 2.48. The third kappa shape index (κ3) is 5.35. The van der Waals surface area contributed by atoms with Crippen LogP contribution in [0.1, 0.15) is 37.3 Å². The van der Waals surface area contributed by atoms with Gasteiger partial charge < -0.3 is 10.2 Å². The summed E-state index contributed by atoms with van der Waals surface area (Å²) in [6.45, 7) is 7.91. The van der Waals surface area contributed by atoms with Crippen LogP contribution < -0.4 is 10.2 Å². The molecule has 1 aromatic carbocycles. The number of quaternary nitrogens is 1. The predicted octanol–water partition coefficient (Wildman–Crippen LogP) is 1.58. The van der Waals surface area contributed by atoms with Gasteiger partial charge >= 0.3 is 0 Å². The second kappa shape index (κ2) is 7.99. The Morgan fingerprint density at radius 1 is 1.38 bits per heavy atom. The van der Waals surface area contributed by atoms with E-state index in [1.807, 2.05) is 18.2 Å². The van der Waals surface area contributed by atoms with Crippen LogP contribution >= 0.6 is 0 Å². The molecule has 1 fully saturated rings. The van der Waals surface area contributed by atoms with E-state index in [1.54, 1.807) is 11.0 Å². The van der Waals surface area contributed by atoms with E-state index in [2.05, 4.69) is 31.3 Å². The quantitative estimate of drug-likeness (QED) is 0.792. The first-order chi connectivity index (χ1) is 10.2. The maximum atomic E-state index is 12.0. The smallest absolute Gasteiger partial charge is 0.244 e. The molecule has 0 aromatic heterocycles. The van der Waals surface area contributed by atoms with Crippen LogP contribution in [0.15, 0.2) is 30.3 Å². The van der Waals surface area contributed by atoms with Crippen molar-refractivity contribution in [2.45, 2.75) is 39.2 Å². The fourth-order valence-electron chi connectivity index (χ4n) is 2.97. The number of carbonyl (C=O) groups excluding carboxylic acids is 1. The lowest BCUT2D eigenvalue weighted by atomic mass is 10.0. The number of hydrogen-bond donors (Lipinski definition) is 2. The fraction of sp³-hybridized carbons (Fsp3) is 0.500. The summed E-state index contributed by atoms with van der Waals surface area (Å²) in [6, 6.07) is 8.52. The number of aryl methyl sites for hydroxylation is 1. The molecule has 1 amide bonds. The van der Waals surface area contributed by atoms with E-state index in [0.717, 1.165) is 18.4 Å². The normalized spacial score (nSPS) is 22.4. The topological polar surface area (TPSA) is 33.5 Å². The Hall–Kier alpha value is -1.61. The minimum absolute atomic E-state index is 0.0282. The number of nitrogens with one attached hydrogen (secondary N) is 2. The number of rotatable bonds is 5. The monoisotopic (exact) mass is 287 g/mol. The van der Waals surface area contributed by atoms with Gasteiger partial charge in [0.05, 0.1) is 19.6 Å². The highest BCUT2D eigenvalue weighted by Crippen LogP contribution is 2.06. The van der Waals surface area contributed by atoms with Crippen LogP contribution in [-0.2, 0) is 4.79 Å². The van der Waals surface area contributed by atoms with Gasteiger partial charge in [-0.3, -0.25) is 4.79 Å². The van der Waals surface area contributed by atoms with Gasteiger partial charge in [0.25, 0.3) is 0 Å². The van der Waals surface area contributed by atoms with Crippen LogP contribution in [0.25, 0.3) is 6.08 Å². The number of hydrogen-bond acceptors (Lipinski definition) is 1. The van der Waals surface area contributed by atoms with E-state index in [1.165, 1.54) is 31.6 Å².